The second-order valence-corrected chi connectivity index (χ2v) is 9.25. The van der Waals surface area contributed by atoms with E-state index in [2.05, 4.69) is 23.9 Å². The minimum atomic E-state index is -0.369. The highest BCUT2D eigenvalue weighted by molar-refractivity contribution is 6.79. The van der Waals surface area contributed by atoms with E-state index >= 15 is 0 Å². The molecule has 3 rings (SSSR count). The molecule has 1 N–H and O–H groups in total. The van der Waals surface area contributed by atoms with E-state index in [4.69, 9.17) is 4.99 Å². The van der Waals surface area contributed by atoms with Crippen molar-refractivity contribution in [2.75, 3.05) is 20.2 Å². The molecule has 1 aromatic rings. The van der Waals surface area contributed by atoms with Crippen molar-refractivity contribution < 1.29 is 19.1 Å². The van der Waals surface area contributed by atoms with E-state index in [9.17, 15) is 14.4 Å². The van der Waals surface area contributed by atoms with Crippen LogP contribution in [-0.2, 0) is 20.7 Å². The lowest BCUT2D eigenvalue weighted by atomic mass is 9.76. The number of hydrogen-bond donors (Lipinski definition) is 1. The number of nitrogens with zero attached hydrogens (tertiary/aromatic N) is 2. The van der Waals surface area contributed by atoms with Crippen molar-refractivity contribution >= 4 is 31.2 Å². The monoisotopic (exact) mass is 439 g/mol. The van der Waals surface area contributed by atoms with Gasteiger partial charge in [-0.1, -0.05) is 26.0 Å². The normalized spacial score (nSPS) is 22.9. The van der Waals surface area contributed by atoms with Crippen LogP contribution in [-0.4, -0.2) is 62.0 Å². The van der Waals surface area contributed by atoms with Gasteiger partial charge in [-0.25, -0.2) is 0 Å². The summed E-state index contributed by atoms with van der Waals surface area (Å²) in [7, 11) is 3.15. The molecule has 1 fully saturated rings. The van der Waals surface area contributed by atoms with Gasteiger partial charge in [0, 0.05) is 18.7 Å². The Morgan fingerprint density at radius 3 is 2.50 bits per heavy atom. The minimum absolute atomic E-state index is 0.0506. The van der Waals surface area contributed by atoms with Gasteiger partial charge >= 0.3 is 5.97 Å². The number of aliphatic imine (C=N–C) groups is 1. The molecule has 2 aliphatic rings. The zero-order valence-corrected chi connectivity index (χ0v) is 19.6. The van der Waals surface area contributed by atoms with Crippen molar-refractivity contribution in [2.45, 2.75) is 58.0 Å². The number of methoxy groups -OCH3 is 1. The summed E-state index contributed by atoms with van der Waals surface area (Å²) in [5.74, 6) is 0.848. The highest BCUT2D eigenvalue weighted by atomic mass is 16.5. The third-order valence-electron chi connectivity index (χ3n) is 6.89. The van der Waals surface area contributed by atoms with Crippen LogP contribution in [0, 0.1) is 11.8 Å². The van der Waals surface area contributed by atoms with Crippen molar-refractivity contribution in [3.8, 4) is 0 Å². The number of hydrogen-bond acceptors (Lipinski definition) is 5. The van der Waals surface area contributed by atoms with Gasteiger partial charge in [0.15, 0.2) is 7.85 Å². The van der Waals surface area contributed by atoms with Gasteiger partial charge in [-0.3, -0.25) is 19.4 Å². The van der Waals surface area contributed by atoms with Gasteiger partial charge < -0.3 is 15.0 Å². The topological polar surface area (TPSA) is 88.1 Å². The van der Waals surface area contributed by atoms with E-state index in [1.54, 1.807) is 12.1 Å². The van der Waals surface area contributed by atoms with Gasteiger partial charge in [0.25, 0.3) is 11.8 Å². The van der Waals surface area contributed by atoms with Gasteiger partial charge in [0.2, 0.25) is 0 Å². The highest BCUT2D eigenvalue weighted by Crippen LogP contribution is 2.42. The maximum absolute atomic E-state index is 12.8. The van der Waals surface area contributed by atoms with Crippen molar-refractivity contribution in [1.82, 2.24) is 10.2 Å². The van der Waals surface area contributed by atoms with Crippen LogP contribution in [0.15, 0.2) is 29.3 Å². The smallest absolute Gasteiger partial charge is 0.307 e. The van der Waals surface area contributed by atoms with Crippen LogP contribution < -0.4 is 5.32 Å². The molecular formula is C24H34BN3O4. The molecule has 1 spiro atoms. The summed E-state index contributed by atoms with van der Waals surface area (Å²) in [4.78, 5) is 43.0. The van der Waals surface area contributed by atoms with E-state index in [0.29, 0.717) is 36.0 Å². The Bertz CT molecular complexity index is 874. The summed E-state index contributed by atoms with van der Waals surface area (Å²) < 4.78 is 4.57. The molecule has 8 heteroatoms. The molecular weight excluding hydrogens is 405 g/mol. The standard InChI is InChI=1S/C24H34BN3O4/c1-16(2)18-8-12-24(13-9-18)27-21(25)23(31)28(24)15-11-17-4-6-19(7-5-17)22(30)26-14-10-20(29)32-3/h4-7,16,18H,8-15,25H2,1-3H3,(H,26,30). The number of carbonyl (C=O) groups is 3. The van der Waals surface area contributed by atoms with Gasteiger partial charge in [-0.15, -0.1) is 0 Å². The quantitative estimate of drug-likeness (QED) is 0.496. The second-order valence-electron chi connectivity index (χ2n) is 9.25. The zero-order chi connectivity index (χ0) is 23.3. The third-order valence-corrected chi connectivity index (χ3v) is 6.89. The molecule has 32 heavy (non-hydrogen) atoms. The first-order chi connectivity index (χ1) is 15.3. The van der Waals surface area contributed by atoms with Crippen LogP contribution in [0.4, 0.5) is 0 Å². The largest absolute Gasteiger partial charge is 0.469 e. The summed E-state index contributed by atoms with van der Waals surface area (Å²) in [6.45, 7) is 5.41. The molecule has 2 amide bonds. The Morgan fingerprint density at radius 1 is 1.25 bits per heavy atom. The van der Waals surface area contributed by atoms with Crippen molar-refractivity contribution in [1.29, 1.82) is 0 Å². The lowest BCUT2D eigenvalue weighted by Crippen LogP contribution is -2.50. The summed E-state index contributed by atoms with van der Waals surface area (Å²) in [5.41, 5.74) is 1.86. The molecule has 1 heterocycles. The number of amides is 2. The number of ether oxygens (including phenoxy) is 1. The first-order valence-electron chi connectivity index (χ1n) is 11.6. The predicted octanol–water partition coefficient (Wildman–Crippen LogP) is 1.94. The Hall–Kier alpha value is -2.64. The van der Waals surface area contributed by atoms with Crippen LogP contribution in [0.2, 0.25) is 0 Å². The predicted molar refractivity (Wildman–Crippen MR) is 126 cm³/mol. The molecule has 0 unspecified atom stereocenters. The van der Waals surface area contributed by atoms with Crippen molar-refractivity contribution in [3.05, 3.63) is 35.4 Å². The van der Waals surface area contributed by atoms with Crippen LogP contribution in [0.5, 0.6) is 0 Å². The van der Waals surface area contributed by atoms with Crippen molar-refractivity contribution in [2.24, 2.45) is 16.8 Å². The molecule has 0 aromatic heterocycles. The molecule has 0 radical (unpaired) electrons. The van der Waals surface area contributed by atoms with Crippen LogP contribution in [0.25, 0.3) is 0 Å². The fourth-order valence-electron chi connectivity index (χ4n) is 4.81. The maximum atomic E-state index is 12.8. The second kappa shape index (κ2) is 10.3. The van der Waals surface area contributed by atoms with E-state index < -0.39 is 0 Å². The molecule has 1 saturated carbocycles. The van der Waals surface area contributed by atoms with Gasteiger partial charge in [-0.05, 0) is 61.6 Å². The van der Waals surface area contributed by atoms with Gasteiger partial charge in [0.1, 0.15) is 5.66 Å². The molecule has 1 aliphatic heterocycles. The van der Waals surface area contributed by atoms with Crippen LogP contribution >= 0.6 is 0 Å². The van der Waals surface area contributed by atoms with Crippen LogP contribution in [0.1, 0.15) is 61.9 Å². The number of rotatable bonds is 8. The first kappa shape index (κ1) is 24.0. The van der Waals surface area contributed by atoms with E-state index in [-0.39, 0.29) is 36.4 Å². The molecule has 0 atom stereocenters. The fourth-order valence-corrected chi connectivity index (χ4v) is 4.81. The van der Waals surface area contributed by atoms with E-state index in [0.717, 1.165) is 31.2 Å². The SMILES string of the molecule is BC1=NC2(CCC(C(C)C)CC2)N(CCc2ccc(C(=O)NCCC(=O)OC)cc2)C1=O. The molecule has 7 nitrogen and oxygen atoms in total. The summed E-state index contributed by atoms with van der Waals surface area (Å²) in [6, 6.07) is 7.40. The Balaban J connectivity index is 1.56. The first-order valence-corrected chi connectivity index (χ1v) is 11.6. The van der Waals surface area contributed by atoms with E-state index in [1.165, 1.54) is 7.11 Å². The Morgan fingerprint density at radius 2 is 1.91 bits per heavy atom. The summed E-state index contributed by atoms with van der Waals surface area (Å²) in [6.07, 6.45) is 4.95. The lowest BCUT2D eigenvalue weighted by Gasteiger charge is -2.42. The molecule has 172 valence electrons. The molecule has 0 saturated heterocycles. The number of nitrogens with one attached hydrogen (secondary N) is 1. The highest BCUT2D eigenvalue weighted by Gasteiger charge is 2.47. The van der Waals surface area contributed by atoms with Crippen LogP contribution in [0.3, 0.4) is 0 Å². The minimum Gasteiger partial charge on any atom is -0.469 e. The molecule has 1 aliphatic carbocycles. The third kappa shape index (κ3) is 5.40. The summed E-state index contributed by atoms with van der Waals surface area (Å²) >= 11 is 0. The Kier molecular flexibility index (Phi) is 7.75. The number of benzene rings is 1. The summed E-state index contributed by atoms with van der Waals surface area (Å²) in [5, 5.41) is 2.71. The average molecular weight is 439 g/mol. The number of esters is 1. The average Bonchev–Trinajstić information content (AvgIpc) is 3.01. The van der Waals surface area contributed by atoms with Gasteiger partial charge in [-0.2, -0.15) is 0 Å². The molecule has 0 bridgehead atoms. The lowest BCUT2D eigenvalue weighted by molar-refractivity contribution is -0.140. The number of carbonyl (C=O) groups excluding carboxylic acids is 3. The van der Waals surface area contributed by atoms with Crippen molar-refractivity contribution in [3.63, 3.8) is 0 Å². The van der Waals surface area contributed by atoms with Gasteiger partial charge in [0.05, 0.1) is 19.1 Å². The maximum Gasteiger partial charge on any atom is 0.307 e. The fraction of sp³-hybridized carbons (Fsp3) is 0.583. The van der Waals surface area contributed by atoms with E-state index in [1.807, 2.05) is 24.9 Å². The Labute approximate surface area is 191 Å². The zero-order valence-electron chi connectivity index (χ0n) is 19.6. The molecule has 1 aromatic carbocycles.